The van der Waals surface area contributed by atoms with Crippen molar-refractivity contribution in [2.24, 2.45) is 0 Å². The molecule has 0 aliphatic heterocycles. The highest BCUT2D eigenvalue weighted by atomic mass is 32.1. The van der Waals surface area contributed by atoms with Gasteiger partial charge in [0.1, 0.15) is 5.82 Å². The molecule has 2 nitrogen and oxygen atoms in total. The predicted molar refractivity (Wildman–Crippen MR) is 78.0 cm³/mol. The Kier molecular flexibility index (Phi) is 5.05. The molecule has 0 aliphatic carbocycles. The molecule has 0 amide bonds. The van der Waals surface area contributed by atoms with E-state index in [4.69, 9.17) is 0 Å². The van der Waals surface area contributed by atoms with Gasteiger partial charge in [0.05, 0.1) is 12.2 Å². The Morgan fingerprint density at radius 2 is 2.16 bits per heavy atom. The monoisotopic (exact) mass is 278 g/mol. The van der Waals surface area contributed by atoms with Gasteiger partial charge >= 0.3 is 0 Å². The van der Waals surface area contributed by atoms with Gasteiger partial charge < -0.3 is 5.32 Å². The van der Waals surface area contributed by atoms with Gasteiger partial charge in [0.2, 0.25) is 0 Å². The lowest BCUT2D eigenvalue weighted by molar-refractivity contribution is 0.547. The summed E-state index contributed by atoms with van der Waals surface area (Å²) in [5.41, 5.74) is 0.674. The molecule has 19 heavy (non-hydrogen) atoms. The van der Waals surface area contributed by atoms with Gasteiger partial charge in [0.15, 0.2) is 0 Å². The Labute approximate surface area is 117 Å². The summed E-state index contributed by atoms with van der Waals surface area (Å²) in [5.74, 6) is -0.248. The fourth-order valence-electron chi connectivity index (χ4n) is 2.01. The second kappa shape index (κ2) is 6.78. The van der Waals surface area contributed by atoms with Crippen molar-refractivity contribution in [3.05, 3.63) is 51.7 Å². The quantitative estimate of drug-likeness (QED) is 0.866. The van der Waals surface area contributed by atoms with Crippen molar-refractivity contribution in [2.45, 2.75) is 32.7 Å². The summed E-state index contributed by atoms with van der Waals surface area (Å²) in [6.07, 6.45) is 4.97. The lowest BCUT2D eigenvalue weighted by Gasteiger charge is -2.18. The Morgan fingerprint density at radius 1 is 1.32 bits per heavy atom. The third kappa shape index (κ3) is 3.39. The minimum absolute atomic E-state index is 0.0757. The number of aryl methyl sites for hydroxylation is 1. The molecular weight excluding hydrogens is 259 g/mol. The zero-order chi connectivity index (χ0) is 13.7. The first kappa shape index (κ1) is 14.2. The van der Waals surface area contributed by atoms with E-state index < -0.39 is 0 Å². The van der Waals surface area contributed by atoms with E-state index in [-0.39, 0.29) is 11.9 Å². The van der Waals surface area contributed by atoms with Crippen molar-refractivity contribution in [3.8, 4) is 0 Å². The zero-order valence-electron chi connectivity index (χ0n) is 11.3. The summed E-state index contributed by atoms with van der Waals surface area (Å²) in [6, 6.07) is 5.90. The van der Waals surface area contributed by atoms with Crippen LogP contribution in [0.15, 0.2) is 30.6 Å². The van der Waals surface area contributed by atoms with Crippen LogP contribution in [0.2, 0.25) is 0 Å². The Balaban J connectivity index is 2.32. The molecular formula is C15H19FN2S. The maximum absolute atomic E-state index is 13.9. The number of pyridine rings is 1. The molecule has 0 aromatic carbocycles. The van der Waals surface area contributed by atoms with Gasteiger partial charge in [-0.1, -0.05) is 13.8 Å². The lowest BCUT2D eigenvalue weighted by atomic mass is 10.1. The molecule has 0 saturated carbocycles. The van der Waals surface area contributed by atoms with Crippen molar-refractivity contribution < 1.29 is 4.39 Å². The normalized spacial score (nSPS) is 12.6. The van der Waals surface area contributed by atoms with Crippen LogP contribution in [0.1, 0.15) is 41.6 Å². The second-order valence-corrected chi connectivity index (χ2v) is 5.64. The molecule has 0 saturated heterocycles. The van der Waals surface area contributed by atoms with E-state index >= 15 is 0 Å². The Morgan fingerprint density at radius 3 is 2.79 bits per heavy atom. The van der Waals surface area contributed by atoms with E-state index in [0.717, 1.165) is 24.3 Å². The summed E-state index contributed by atoms with van der Waals surface area (Å²) >= 11 is 1.75. The fraction of sp³-hybridized carbons (Fsp3) is 0.400. The second-order valence-electron chi connectivity index (χ2n) is 4.44. The van der Waals surface area contributed by atoms with Crippen molar-refractivity contribution >= 4 is 11.3 Å². The molecule has 0 radical (unpaired) electrons. The van der Waals surface area contributed by atoms with Gasteiger partial charge in [-0.2, -0.15) is 0 Å². The minimum Gasteiger partial charge on any atom is -0.306 e. The molecule has 0 fully saturated rings. The Bertz CT molecular complexity index is 524. The average Bonchev–Trinajstić information content (AvgIpc) is 2.90. The first-order chi connectivity index (χ1) is 9.26. The van der Waals surface area contributed by atoms with E-state index in [2.05, 4.69) is 36.3 Å². The van der Waals surface area contributed by atoms with Crippen LogP contribution in [-0.2, 0) is 6.42 Å². The fourth-order valence-corrected chi connectivity index (χ4v) is 3.06. The summed E-state index contributed by atoms with van der Waals surface area (Å²) in [5, 5.41) is 3.42. The van der Waals surface area contributed by atoms with Gasteiger partial charge in [-0.3, -0.25) is 4.98 Å². The maximum Gasteiger partial charge on any atom is 0.146 e. The number of halogens is 1. The molecule has 0 bridgehead atoms. The maximum atomic E-state index is 13.9. The van der Waals surface area contributed by atoms with Crippen molar-refractivity contribution in [1.82, 2.24) is 10.3 Å². The zero-order valence-corrected chi connectivity index (χ0v) is 12.1. The molecule has 1 N–H and O–H groups in total. The van der Waals surface area contributed by atoms with Crippen LogP contribution in [0.5, 0.6) is 0 Å². The van der Waals surface area contributed by atoms with E-state index in [1.807, 2.05) is 0 Å². The van der Waals surface area contributed by atoms with Crippen molar-refractivity contribution in [1.29, 1.82) is 0 Å². The molecule has 0 aliphatic rings. The van der Waals surface area contributed by atoms with Crippen LogP contribution in [0.25, 0.3) is 0 Å². The van der Waals surface area contributed by atoms with Crippen LogP contribution >= 0.6 is 11.3 Å². The lowest BCUT2D eigenvalue weighted by Crippen LogP contribution is -2.23. The van der Waals surface area contributed by atoms with Crippen LogP contribution in [0.3, 0.4) is 0 Å². The summed E-state index contributed by atoms with van der Waals surface area (Å²) < 4.78 is 13.9. The summed E-state index contributed by atoms with van der Waals surface area (Å²) in [4.78, 5) is 6.31. The number of hydrogen-bond donors (Lipinski definition) is 1. The largest absolute Gasteiger partial charge is 0.306 e. The molecule has 2 heterocycles. The van der Waals surface area contributed by atoms with Crippen LogP contribution in [0.4, 0.5) is 4.39 Å². The highest BCUT2D eigenvalue weighted by Gasteiger charge is 2.18. The van der Waals surface area contributed by atoms with Gasteiger partial charge in [-0.15, -0.1) is 11.3 Å². The number of hydrogen-bond acceptors (Lipinski definition) is 3. The first-order valence-electron chi connectivity index (χ1n) is 6.67. The molecule has 102 valence electrons. The number of nitrogens with one attached hydrogen (secondary N) is 1. The SMILES string of the molecule is CCCNC(c1ccc(CC)s1)c1ccncc1F. The van der Waals surface area contributed by atoms with E-state index in [0.29, 0.717) is 5.56 Å². The predicted octanol–water partition coefficient (Wildman–Crippen LogP) is 3.93. The minimum atomic E-state index is -0.248. The molecule has 0 spiro atoms. The van der Waals surface area contributed by atoms with Crippen molar-refractivity contribution in [2.75, 3.05) is 6.54 Å². The molecule has 2 aromatic heterocycles. The third-order valence-electron chi connectivity index (χ3n) is 3.03. The van der Waals surface area contributed by atoms with E-state index in [9.17, 15) is 4.39 Å². The van der Waals surface area contributed by atoms with Crippen molar-refractivity contribution in [3.63, 3.8) is 0 Å². The first-order valence-corrected chi connectivity index (χ1v) is 7.49. The van der Waals surface area contributed by atoms with Crippen LogP contribution in [-0.4, -0.2) is 11.5 Å². The molecule has 4 heteroatoms. The topological polar surface area (TPSA) is 24.9 Å². The smallest absolute Gasteiger partial charge is 0.146 e. The molecule has 1 unspecified atom stereocenters. The van der Waals surface area contributed by atoms with Gasteiger partial charge in [-0.05, 0) is 37.6 Å². The standard InChI is InChI=1S/C15H19FN2S/c1-3-8-18-15(12-7-9-17-10-13(12)16)14-6-5-11(4-2)19-14/h5-7,9-10,15,18H,3-4,8H2,1-2H3. The van der Waals surface area contributed by atoms with Gasteiger partial charge in [0, 0.05) is 21.5 Å². The number of rotatable bonds is 6. The van der Waals surface area contributed by atoms with E-state index in [1.165, 1.54) is 11.1 Å². The average molecular weight is 278 g/mol. The number of nitrogens with zero attached hydrogens (tertiary/aromatic N) is 1. The highest BCUT2D eigenvalue weighted by Crippen LogP contribution is 2.30. The molecule has 2 aromatic rings. The number of thiophene rings is 1. The van der Waals surface area contributed by atoms with Gasteiger partial charge in [-0.25, -0.2) is 4.39 Å². The highest BCUT2D eigenvalue weighted by molar-refractivity contribution is 7.12. The number of aromatic nitrogens is 1. The van der Waals surface area contributed by atoms with Crippen LogP contribution in [0, 0.1) is 5.82 Å². The van der Waals surface area contributed by atoms with Gasteiger partial charge in [0.25, 0.3) is 0 Å². The van der Waals surface area contributed by atoms with E-state index in [1.54, 1.807) is 23.6 Å². The summed E-state index contributed by atoms with van der Waals surface area (Å²) in [7, 11) is 0. The molecule has 1 atom stereocenters. The molecule has 2 rings (SSSR count). The third-order valence-corrected chi connectivity index (χ3v) is 4.32. The Hall–Kier alpha value is -1.26. The summed E-state index contributed by atoms with van der Waals surface area (Å²) in [6.45, 7) is 5.11. The van der Waals surface area contributed by atoms with Crippen LogP contribution < -0.4 is 5.32 Å².